The Kier molecular flexibility index (Phi) is 9.62. The highest BCUT2D eigenvalue weighted by Crippen LogP contribution is 2.41. The van der Waals surface area contributed by atoms with Gasteiger partial charge in [-0.15, -0.1) is 0 Å². The van der Waals surface area contributed by atoms with E-state index in [1.165, 1.54) is 24.6 Å². The summed E-state index contributed by atoms with van der Waals surface area (Å²) in [7, 11) is 4.67. The second-order valence-corrected chi connectivity index (χ2v) is 9.31. The second-order valence-electron chi connectivity index (χ2n) is 8.25. The van der Waals surface area contributed by atoms with E-state index in [-0.39, 0.29) is 5.69 Å². The molecule has 0 radical (unpaired) electrons. The number of carbonyl (C=O) groups is 1. The quantitative estimate of drug-likeness (QED) is 0.179. The molecule has 0 saturated heterocycles. The molecule has 7 nitrogen and oxygen atoms in total. The van der Waals surface area contributed by atoms with Gasteiger partial charge in [0.15, 0.2) is 22.3 Å². The lowest BCUT2D eigenvalue weighted by atomic mass is 10.1. The number of esters is 1. The summed E-state index contributed by atoms with van der Waals surface area (Å²) in [5, 5.41) is 0.536. The summed E-state index contributed by atoms with van der Waals surface area (Å²) in [6, 6.07) is 5.24. The number of hydrogen-bond donors (Lipinski definition) is 0. The first kappa shape index (κ1) is 25.8. The van der Waals surface area contributed by atoms with E-state index >= 15 is 0 Å². The lowest BCUT2D eigenvalue weighted by molar-refractivity contribution is 0.00617. The van der Waals surface area contributed by atoms with Crippen molar-refractivity contribution < 1.29 is 23.7 Å². The van der Waals surface area contributed by atoms with Crippen molar-refractivity contribution in [3.8, 4) is 28.5 Å². The van der Waals surface area contributed by atoms with Gasteiger partial charge in [0.25, 0.3) is 0 Å². The highest BCUT2D eigenvalue weighted by molar-refractivity contribution is 7.99. The average Bonchev–Trinajstić information content (AvgIpc) is 2.76. The van der Waals surface area contributed by atoms with Crippen LogP contribution in [0.4, 0.5) is 0 Å². The Morgan fingerprint density at radius 1 is 0.938 bits per heavy atom. The predicted octanol–water partition coefficient (Wildman–Crippen LogP) is 5.80. The predicted molar refractivity (Wildman–Crippen MR) is 127 cm³/mol. The van der Waals surface area contributed by atoms with Crippen molar-refractivity contribution in [2.75, 3.05) is 27.1 Å². The molecule has 0 fully saturated rings. The van der Waals surface area contributed by atoms with Crippen LogP contribution in [0.1, 0.15) is 63.9 Å². The molecule has 0 unspecified atom stereocenters. The normalized spacial score (nSPS) is 11.2. The third-order valence-electron chi connectivity index (χ3n) is 4.50. The van der Waals surface area contributed by atoms with Crippen LogP contribution >= 0.6 is 11.8 Å². The SMILES string of the molecule is CCCCCCSc1nc(C(=O)OC(C)(C)C)cc(-c2cc(OC)c(OC)c(OC)c2)n1. The molecule has 0 saturated carbocycles. The molecule has 0 N–H and O–H groups in total. The maximum Gasteiger partial charge on any atom is 0.357 e. The first-order chi connectivity index (χ1) is 15.2. The lowest BCUT2D eigenvalue weighted by Crippen LogP contribution is -2.24. The molecular weight excluding hydrogens is 428 g/mol. The van der Waals surface area contributed by atoms with E-state index in [0.29, 0.717) is 28.1 Å². The zero-order valence-corrected chi connectivity index (χ0v) is 20.9. The van der Waals surface area contributed by atoms with Crippen LogP contribution in [0.3, 0.4) is 0 Å². The first-order valence-corrected chi connectivity index (χ1v) is 11.8. The van der Waals surface area contributed by atoms with Crippen molar-refractivity contribution in [3.05, 3.63) is 23.9 Å². The average molecular weight is 463 g/mol. The molecule has 0 spiro atoms. The molecule has 0 atom stereocenters. The minimum atomic E-state index is -0.623. The van der Waals surface area contributed by atoms with Crippen LogP contribution in [0.15, 0.2) is 23.4 Å². The van der Waals surface area contributed by atoms with Gasteiger partial charge < -0.3 is 18.9 Å². The molecule has 2 aromatic rings. The smallest absolute Gasteiger partial charge is 0.357 e. The van der Waals surface area contributed by atoms with Gasteiger partial charge in [0, 0.05) is 11.3 Å². The number of carbonyl (C=O) groups excluding carboxylic acids is 1. The van der Waals surface area contributed by atoms with Crippen LogP contribution in [-0.4, -0.2) is 48.6 Å². The fourth-order valence-corrected chi connectivity index (χ4v) is 3.85. The molecule has 1 heterocycles. The summed E-state index contributed by atoms with van der Waals surface area (Å²) in [5.74, 6) is 1.90. The van der Waals surface area contributed by atoms with E-state index in [1.807, 2.05) is 20.8 Å². The summed E-state index contributed by atoms with van der Waals surface area (Å²) in [6.07, 6.45) is 4.61. The van der Waals surface area contributed by atoms with Crippen LogP contribution in [0.25, 0.3) is 11.3 Å². The monoisotopic (exact) mass is 462 g/mol. The van der Waals surface area contributed by atoms with E-state index in [4.69, 9.17) is 23.9 Å². The highest BCUT2D eigenvalue weighted by Gasteiger charge is 2.22. The van der Waals surface area contributed by atoms with Crippen LogP contribution in [-0.2, 0) is 4.74 Å². The minimum absolute atomic E-state index is 0.217. The van der Waals surface area contributed by atoms with E-state index in [0.717, 1.165) is 24.2 Å². The second kappa shape index (κ2) is 11.9. The van der Waals surface area contributed by atoms with Gasteiger partial charge in [0.2, 0.25) is 5.75 Å². The minimum Gasteiger partial charge on any atom is -0.493 e. The maximum atomic E-state index is 12.8. The van der Waals surface area contributed by atoms with Gasteiger partial charge in [-0.3, -0.25) is 0 Å². The van der Waals surface area contributed by atoms with Gasteiger partial charge in [0.05, 0.1) is 27.0 Å². The Balaban J connectivity index is 2.47. The van der Waals surface area contributed by atoms with Crippen molar-refractivity contribution in [1.82, 2.24) is 9.97 Å². The standard InChI is InChI=1S/C24H34N2O5S/c1-8-9-10-11-12-32-23-25-17(15-18(26-23)22(27)31-24(2,3)4)16-13-19(28-5)21(30-7)20(14-16)29-6/h13-15H,8-12H2,1-7H3. The number of methoxy groups -OCH3 is 3. The fourth-order valence-electron chi connectivity index (χ4n) is 2.99. The largest absolute Gasteiger partial charge is 0.493 e. The lowest BCUT2D eigenvalue weighted by Gasteiger charge is -2.19. The number of rotatable bonds is 11. The number of hydrogen-bond acceptors (Lipinski definition) is 8. The van der Waals surface area contributed by atoms with E-state index in [1.54, 1.807) is 39.5 Å². The van der Waals surface area contributed by atoms with Gasteiger partial charge in [-0.1, -0.05) is 37.9 Å². The van der Waals surface area contributed by atoms with Gasteiger partial charge in [0.1, 0.15) is 5.60 Å². The maximum absolute atomic E-state index is 12.8. The molecule has 0 bridgehead atoms. The summed E-state index contributed by atoms with van der Waals surface area (Å²) >= 11 is 1.54. The Bertz CT molecular complexity index is 887. The number of benzene rings is 1. The number of nitrogens with zero attached hydrogens (tertiary/aromatic N) is 2. The molecule has 2 rings (SSSR count). The van der Waals surface area contributed by atoms with Crippen LogP contribution < -0.4 is 14.2 Å². The molecule has 0 aliphatic carbocycles. The Labute approximate surface area is 195 Å². The van der Waals surface area contributed by atoms with Gasteiger partial charge in [-0.05, 0) is 45.4 Å². The van der Waals surface area contributed by atoms with Crippen molar-refractivity contribution in [1.29, 1.82) is 0 Å². The third-order valence-corrected chi connectivity index (χ3v) is 5.44. The Morgan fingerprint density at radius 2 is 1.59 bits per heavy atom. The van der Waals surface area contributed by atoms with Gasteiger partial charge >= 0.3 is 5.97 Å². The first-order valence-electron chi connectivity index (χ1n) is 10.8. The molecule has 0 aliphatic rings. The third kappa shape index (κ3) is 7.29. The summed E-state index contributed by atoms with van der Waals surface area (Å²) in [4.78, 5) is 21.9. The summed E-state index contributed by atoms with van der Waals surface area (Å²) in [5.41, 5.74) is 0.896. The highest BCUT2D eigenvalue weighted by atomic mass is 32.2. The van der Waals surface area contributed by atoms with E-state index in [9.17, 15) is 4.79 Å². The van der Waals surface area contributed by atoms with Crippen molar-refractivity contribution in [2.24, 2.45) is 0 Å². The zero-order valence-electron chi connectivity index (χ0n) is 20.1. The Hall–Kier alpha value is -2.48. The number of aromatic nitrogens is 2. The molecule has 0 amide bonds. The Morgan fingerprint density at radius 3 is 2.12 bits per heavy atom. The van der Waals surface area contributed by atoms with Crippen LogP contribution in [0.5, 0.6) is 17.2 Å². The number of unbranched alkanes of at least 4 members (excludes halogenated alkanes) is 3. The number of ether oxygens (including phenoxy) is 4. The van der Waals surface area contributed by atoms with E-state index in [2.05, 4.69) is 11.9 Å². The van der Waals surface area contributed by atoms with Crippen LogP contribution in [0, 0.1) is 0 Å². The zero-order chi connectivity index (χ0) is 23.7. The van der Waals surface area contributed by atoms with Crippen molar-refractivity contribution >= 4 is 17.7 Å². The summed E-state index contributed by atoms with van der Waals surface area (Å²) < 4.78 is 21.9. The molecule has 1 aromatic heterocycles. The van der Waals surface area contributed by atoms with Crippen molar-refractivity contribution in [3.63, 3.8) is 0 Å². The van der Waals surface area contributed by atoms with Gasteiger partial charge in [-0.25, -0.2) is 14.8 Å². The van der Waals surface area contributed by atoms with Crippen molar-refractivity contribution in [2.45, 2.75) is 64.1 Å². The fraction of sp³-hybridized carbons (Fsp3) is 0.542. The molecule has 8 heteroatoms. The molecule has 32 heavy (non-hydrogen) atoms. The molecule has 0 aliphatic heterocycles. The topological polar surface area (TPSA) is 79.8 Å². The van der Waals surface area contributed by atoms with Crippen LogP contribution in [0.2, 0.25) is 0 Å². The van der Waals surface area contributed by atoms with E-state index < -0.39 is 11.6 Å². The number of thioether (sulfide) groups is 1. The summed E-state index contributed by atoms with van der Waals surface area (Å²) in [6.45, 7) is 7.67. The van der Waals surface area contributed by atoms with Gasteiger partial charge in [-0.2, -0.15) is 0 Å². The molecular formula is C24H34N2O5S. The molecule has 176 valence electrons. The molecule has 1 aromatic carbocycles.